The molecule has 0 aromatic carbocycles. The summed E-state index contributed by atoms with van der Waals surface area (Å²) in [6.45, 7) is 14.3. The normalized spacial score (nSPS) is 15.2. The monoisotopic (exact) mass is 1590 g/mol. The van der Waals surface area contributed by atoms with Crippen LogP contribution in [-0.4, -0.2) is 256 Å². The van der Waals surface area contributed by atoms with Crippen molar-refractivity contribution in [2.24, 2.45) is 57.1 Å². The molecule has 0 spiro atoms. The highest BCUT2D eigenvalue weighted by Crippen LogP contribution is 2.13. The summed E-state index contributed by atoms with van der Waals surface area (Å²) in [6, 6.07) is -20.8. The molecule has 43 nitrogen and oxygen atoms in total. The number of primary amides is 1. The SMILES string of the molecule is CC(C)C[C@H](NC(=O)[C@H](CCCCN)NC(=O)[C@H](C)NC(=O)[C@H](C)NC(=O)[C@@H](NC(=O)[C@H](C)NC(=O)[C@@H](N)CCC(=O)O)C(C)C)C(=O)NCC(=O)N[C@H](C(=O)N[C@@H](CCCCN)C(=O)N[C@@H](CCCN=C(N)N)C(=O)N[C@@H](CS)C(=O)N[C@H](C(=O)N[C@@H](CC(=O)O)C(=O)N[C@@H](CCC(N)=O)C(=O)O)[C@@H](C)O)C(C)C. The number of hydrogen-bond donors (Lipinski definition) is 25. The number of carbonyl (C=O) groups excluding carboxylic acids is 15. The average Bonchev–Trinajstić information content (AvgIpc) is 0.866. The highest BCUT2D eigenvalue weighted by atomic mass is 32.1. The summed E-state index contributed by atoms with van der Waals surface area (Å²) in [6.07, 6.45) is -3.53. The van der Waals surface area contributed by atoms with Gasteiger partial charge in [-0.25, -0.2) is 4.79 Å². The third kappa shape index (κ3) is 39.9. The van der Waals surface area contributed by atoms with Crippen LogP contribution in [0.1, 0.15) is 159 Å². The molecule has 110 heavy (non-hydrogen) atoms. The molecule has 0 aliphatic rings. The van der Waals surface area contributed by atoms with Crippen molar-refractivity contribution in [2.75, 3.05) is 31.9 Å². The lowest BCUT2D eigenvalue weighted by atomic mass is 10.0. The molecule has 0 aliphatic heterocycles. The Morgan fingerprint density at radius 3 is 1.24 bits per heavy atom. The van der Waals surface area contributed by atoms with Crippen molar-refractivity contribution >= 4 is 125 Å². The van der Waals surface area contributed by atoms with Crippen LogP contribution in [0.25, 0.3) is 0 Å². The van der Waals surface area contributed by atoms with E-state index in [0.29, 0.717) is 19.3 Å². The van der Waals surface area contributed by atoms with E-state index in [1.54, 1.807) is 41.5 Å². The summed E-state index contributed by atoms with van der Waals surface area (Å²) >= 11 is 4.17. The number of amides is 15. The third-order valence-corrected chi connectivity index (χ3v) is 16.8. The molecule has 15 atom stereocenters. The van der Waals surface area contributed by atoms with Crippen LogP contribution in [0.15, 0.2) is 4.99 Å². The lowest BCUT2D eigenvalue weighted by molar-refractivity contribution is -0.144. The van der Waals surface area contributed by atoms with Gasteiger partial charge in [0.2, 0.25) is 88.6 Å². The van der Waals surface area contributed by atoms with E-state index in [9.17, 15) is 102 Å². The zero-order valence-electron chi connectivity index (χ0n) is 63.8. The Bertz CT molecular complexity index is 3180. The second kappa shape index (κ2) is 52.1. The molecule has 0 rings (SSSR count). The maximum absolute atomic E-state index is 14.3. The van der Waals surface area contributed by atoms with Crippen molar-refractivity contribution in [1.29, 1.82) is 0 Å². The maximum atomic E-state index is 14.3. The molecular weight excluding hydrogens is 1470 g/mol. The van der Waals surface area contributed by atoms with Gasteiger partial charge < -0.3 is 129 Å². The van der Waals surface area contributed by atoms with E-state index in [4.69, 9.17) is 39.5 Å². The summed E-state index contributed by atoms with van der Waals surface area (Å²) in [7, 11) is 0. The maximum Gasteiger partial charge on any atom is 0.326 e. The molecule has 0 aliphatic carbocycles. The van der Waals surface area contributed by atoms with Gasteiger partial charge in [0.05, 0.1) is 25.1 Å². The van der Waals surface area contributed by atoms with E-state index in [-0.39, 0.29) is 76.5 Å². The molecule has 0 radical (unpaired) electrons. The van der Waals surface area contributed by atoms with Crippen LogP contribution < -0.4 is 109 Å². The number of thiol groups is 1. The number of nitrogens with one attached hydrogen (secondary N) is 14. The van der Waals surface area contributed by atoms with E-state index in [1.165, 1.54) is 20.8 Å². The second-order valence-corrected chi connectivity index (χ2v) is 27.8. The minimum absolute atomic E-state index is 0.00333. The standard InChI is InChI=1S/C66H117N21O22S/c1-30(2)26-42(82-58(101)38(16-11-13-23-67)78-53(96)34(8)75-52(95)33(7)77-62(105)50(32(5)6)86-54(97)35(9)76-55(98)37(69)19-22-47(91)92)56(99)74-28-46(90)85-49(31(3)4)63(106)80-39(17-12-14-24-68)57(100)79-40(18-15-25-73-66(71)72)59(102)84-44(29-110)61(104)87-51(36(10)88)64(107)83-43(27-48(93)94)60(103)81-41(65(108)109)20-21-45(70)89/h30-44,49-51,88,110H,11-29,67-69H2,1-10H3,(H2,70,89)(H,74,99)(H,75,95)(H,76,98)(H,77,105)(H,78,96)(H,79,100)(H,80,106)(H,81,103)(H,82,101)(H,83,107)(H,84,102)(H,85,90)(H,86,97)(H,87,104)(H,91,92)(H,93,94)(H,108,109)(H4,71,72,73)/t33-,34-,35-,36+,37-,38-,39-,40-,41-,42-,43-,44-,49-,50-,51-/m0/s1. The highest BCUT2D eigenvalue weighted by molar-refractivity contribution is 7.80. The molecule has 15 amide bonds. The fraction of sp³-hybridized carbons (Fsp3) is 0.712. The molecule has 0 heterocycles. The van der Waals surface area contributed by atoms with E-state index in [2.05, 4.69) is 81.4 Å². The summed E-state index contributed by atoms with van der Waals surface area (Å²) in [4.78, 5) is 241. The van der Waals surface area contributed by atoms with Gasteiger partial charge in [-0.3, -0.25) is 86.5 Å². The molecule has 0 aromatic heterocycles. The number of rotatable bonds is 55. The highest BCUT2D eigenvalue weighted by Gasteiger charge is 2.38. The summed E-state index contributed by atoms with van der Waals surface area (Å²) < 4.78 is 0. The molecule has 624 valence electrons. The number of aliphatic hydroxyl groups excluding tert-OH is 1. The van der Waals surface area contributed by atoms with Crippen LogP contribution >= 0.6 is 12.6 Å². The Labute approximate surface area is 642 Å². The van der Waals surface area contributed by atoms with E-state index >= 15 is 0 Å². The number of nitrogens with two attached hydrogens (primary N) is 6. The molecule has 0 saturated heterocycles. The summed E-state index contributed by atoms with van der Waals surface area (Å²) in [5, 5.41) is 72.4. The number of guanidine groups is 1. The van der Waals surface area contributed by atoms with E-state index in [0.717, 1.165) is 6.92 Å². The number of hydrogen-bond acceptors (Lipinski definition) is 24. The first kappa shape index (κ1) is 99.9. The van der Waals surface area contributed by atoms with Gasteiger partial charge in [-0.1, -0.05) is 41.5 Å². The average molecular weight is 1590 g/mol. The zero-order chi connectivity index (χ0) is 84.4. The van der Waals surface area contributed by atoms with Crippen LogP contribution in [0.2, 0.25) is 0 Å². The smallest absolute Gasteiger partial charge is 0.326 e. The number of carboxylic acid groups (broad SMARTS) is 3. The van der Waals surface area contributed by atoms with Gasteiger partial charge in [-0.2, -0.15) is 12.6 Å². The van der Waals surface area contributed by atoms with Crippen molar-refractivity contribution in [2.45, 2.75) is 250 Å². The Kier molecular flexibility index (Phi) is 47.3. The van der Waals surface area contributed by atoms with Gasteiger partial charge in [0.1, 0.15) is 78.5 Å². The minimum atomic E-state index is -2.01. The first-order valence-corrected chi connectivity index (χ1v) is 36.6. The Balaban J connectivity index is 6.54. The van der Waals surface area contributed by atoms with Crippen molar-refractivity contribution in [1.82, 2.24) is 74.4 Å². The molecule has 0 unspecified atom stereocenters. The molecule has 0 bridgehead atoms. The van der Waals surface area contributed by atoms with Gasteiger partial charge in [-0.15, -0.1) is 0 Å². The number of aliphatic carboxylic acids is 3. The predicted octanol–water partition coefficient (Wildman–Crippen LogP) is -8.54. The number of carbonyl (C=O) groups is 18. The molecule has 30 N–H and O–H groups in total. The zero-order valence-corrected chi connectivity index (χ0v) is 64.7. The predicted molar refractivity (Wildman–Crippen MR) is 399 cm³/mol. The first-order chi connectivity index (χ1) is 51.3. The van der Waals surface area contributed by atoms with Crippen LogP contribution in [0.5, 0.6) is 0 Å². The van der Waals surface area contributed by atoms with Crippen molar-refractivity contribution in [3.63, 3.8) is 0 Å². The lowest BCUT2D eigenvalue weighted by Gasteiger charge is -2.28. The Morgan fingerprint density at radius 2 is 0.782 bits per heavy atom. The number of carboxylic acids is 3. The largest absolute Gasteiger partial charge is 0.481 e. The summed E-state index contributed by atoms with van der Waals surface area (Å²) in [5.74, 6) is -21.2. The Morgan fingerprint density at radius 1 is 0.391 bits per heavy atom. The number of nitrogens with zero attached hydrogens (tertiary/aromatic N) is 1. The van der Waals surface area contributed by atoms with E-state index in [1.807, 2.05) is 10.6 Å². The quantitative estimate of drug-likeness (QED) is 0.0116. The van der Waals surface area contributed by atoms with Gasteiger partial charge in [0, 0.05) is 25.1 Å². The fourth-order valence-electron chi connectivity index (χ4n) is 10.1. The van der Waals surface area contributed by atoms with Crippen LogP contribution in [-0.2, 0) is 86.3 Å². The molecule has 0 saturated carbocycles. The molecule has 0 aromatic rings. The van der Waals surface area contributed by atoms with Gasteiger partial charge in [0.25, 0.3) is 0 Å². The topological polar surface area (TPSA) is 725 Å². The summed E-state index contributed by atoms with van der Waals surface area (Å²) in [5.41, 5.74) is 33.3. The number of unbranched alkanes of at least 4 members (excludes halogenated alkanes) is 2. The second-order valence-electron chi connectivity index (χ2n) is 27.4. The number of aliphatic imine (C=N–C) groups is 1. The van der Waals surface area contributed by atoms with Crippen LogP contribution in [0.3, 0.4) is 0 Å². The first-order valence-electron chi connectivity index (χ1n) is 36.0. The molecule has 44 heteroatoms. The fourth-order valence-corrected chi connectivity index (χ4v) is 10.4. The van der Waals surface area contributed by atoms with Crippen LogP contribution in [0.4, 0.5) is 0 Å². The van der Waals surface area contributed by atoms with E-state index < -0.39 is 247 Å². The minimum Gasteiger partial charge on any atom is -0.481 e. The van der Waals surface area contributed by atoms with Crippen molar-refractivity contribution in [3.05, 3.63) is 0 Å². The van der Waals surface area contributed by atoms with Gasteiger partial charge >= 0.3 is 17.9 Å². The van der Waals surface area contributed by atoms with Crippen LogP contribution in [0, 0.1) is 17.8 Å². The van der Waals surface area contributed by atoms with Crippen molar-refractivity contribution < 1.29 is 107 Å². The molecular formula is C66H117N21O22S. The third-order valence-electron chi connectivity index (χ3n) is 16.5. The number of aliphatic hydroxyl groups is 1. The van der Waals surface area contributed by atoms with Gasteiger partial charge in [0.15, 0.2) is 5.96 Å². The lowest BCUT2D eigenvalue weighted by Crippen LogP contribution is -2.62. The Hall–Kier alpha value is -10.1. The van der Waals surface area contributed by atoms with Crippen molar-refractivity contribution in [3.8, 4) is 0 Å². The van der Waals surface area contributed by atoms with Gasteiger partial charge in [-0.05, 0) is 129 Å². The molecule has 0 fully saturated rings.